The number of nitrogens with two attached hydrogens (primary N) is 1. The number of hydrogen-bond donors (Lipinski definition) is 3. The van der Waals surface area contributed by atoms with E-state index >= 15 is 0 Å². The Balaban J connectivity index is 1.20. The van der Waals surface area contributed by atoms with Gasteiger partial charge in [-0.05, 0) is 61.8 Å². The smallest absolute Gasteiger partial charge is 0.320 e. The van der Waals surface area contributed by atoms with Gasteiger partial charge in [-0.2, -0.15) is 0 Å². The summed E-state index contributed by atoms with van der Waals surface area (Å²) in [4.78, 5) is 36.0. The van der Waals surface area contributed by atoms with Crippen LogP contribution in [0.3, 0.4) is 0 Å². The summed E-state index contributed by atoms with van der Waals surface area (Å²) < 4.78 is 1.71. The van der Waals surface area contributed by atoms with Crippen LogP contribution in [0.1, 0.15) is 75.0 Å². The number of anilines is 1. The largest absolute Gasteiger partial charge is 0.367 e. The highest BCUT2D eigenvalue weighted by atomic mass is 16.2. The van der Waals surface area contributed by atoms with Crippen LogP contribution in [0, 0.1) is 16.7 Å². The van der Waals surface area contributed by atoms with Crippen LogP contribution >= 0.6 is 0 Å². The molecular weight excluding hydrogens is 490 g/mol. The van der Waals surface area contributed by atoms with Crippen molar-refractivity contribution in [3.63, 3.8) is 0 Å². The van der Waals surface area contributed by atoms with Gasteiger partial charge in [-0.3, -0.25) is 9.36 Å². The summed E-state index contributed by atoms with van der Waals surface area (Å²) in [6, 6.07) is 10.9. The van der Waals surface area contributed by atoms with Crippen molar-refractivity contribution in [3.05, 3.63) is 58.1 Å². The molecule has 9 heteroatoms. The maximum atomic E-state index is 14.0. The third kappa shape index (κ3) is 5.21. The highest BCUT2D eigenvalue weighted by Gasteiger charge is 2.47. The van der Waals surface area contributed by atoms with Gasteiger partial charge in [-0.15, -0.1) is 0 Å². The van der Waals surface area contributed by atoms with Gasteiger partial charge < -0.3 is 26.3 Å². The molecule has 2 aliphatic carbocycles. The highest BCUT2D eigenvalue weighted by molar-refractivity contribution is 5.83. The molecule has 208 valence electrons. The molecule has 2 aromatic rings. The zero-order valence-corrected chi connectivity index (χ0v) is 22.7. The van der Waals surface area contributed by atoms with Crippen LogP contribution in [0.25, 0.3) is 0 Å². The van der Waals surface area contributed by atoms with E-state index in [0.29, 0.717) is 43.0 Å². The van der Waals surface area contributed by atoms with Crippen molar-refractivity contribution in [3.8, 4) is 0 Å². The van der Waals surface area contributed by atoms with Crippen LogP contribution in [0.5, 0.6) is 0 Å². The topological polar surface area (TPSA) is 120 Å². The normalized spacial score (nSPS) is 26.5. The van der Waals surface area contributed by atoms with Crippen LogP contribution in [-0.2, 0) is 6.54 Å². The lowest BCUT2D eigenvalue weighted by Gasteiger charge is -2.49. The maximum Gasteiger partial charge on any atom is 0.320 e. The number of amides is 2. The van der Waals surface area contributed by atoms with E-state index in [2.05, 4.69) is 32.2 Å². The molecular formula is C30H41N7O2. The lowest BCUT2D eigenvalue weighted by molar-refractivity contribution is 0.0214. The van der Waals surface area contributed by atoms with Crippen LogP contribution in [0.15, 0.2) is 41.5 Å². The molecule has 2 aliphatic heterocycles. The van der Waals surface area contributed by atoms with Gasteiger partial charge in [0, 0.05) is 44.5 Å². The van der Waals surface area contributed by atoms with E-state index in [9.17, 15) is 9.59 Å². The van der Waals surface area contributed by atoms with Gasteiger partial charge in [-0.1, -0.05) is 43.2 Å². The minimum absolute atomic E-state index is 0.00617. The van der Waals surface area contributed by atoms with E-state index < -0.39 is 0 Å². The molecule has 1 spiro atoms. The summed E-state index contributed by atoms with van der Waals surface area (Å²) in [6.45, 7) is 2.70. The molecule has 2 saturated carbocycles. The monoisotopic (exact) mass is 531 g/mol. The van der Waals surface area contributed by atoms with Gasteiger partial charge in [0.1, 0.15) is 5.82 Å². The molecule has 3 heterocycles. The molecule has 1 unspecified atom stereocenters. The first-order valence-electron chi connectivity index (χ1n) is 14.7. The Kier molecular flexibility index (Phi) is 7.18. The van der Waals surface area contributed by atoms with E-state index in [1.54, 1.807) is 10.9 Å². The highest BCUT2D eigenvalue weighted by Crippen LogP contribution is 2.49. The minimum atomic E-state index is -0.148. The predicted molar refractivity (Wildman–Crippen MR) is 152 cm³/mol. The first kappa shape index (κ1) is 26.0. The Morgan fingerprint density at radius 3 is 2.62 bits per heavy atom. The summed E-state index contributed by atoms with van der Waals surface area (Å²) in [5, 5.41) is 11.1. The number of rotatable bonds is 6. The maximum absolute atomic E-state index is 14.0. The summed E-state index contributed by atoms with van der Waals surface area (Å²) in [5.41, 5.74) is 7.71. The second-order valence-electron chi connectivity index (χ2n) is 12.2. The average Bonchev–Trinajstić information content (AvgIpc) is 3.66. The van der Waals surface area contributed by atoms with Gasteiger partial charge in [-0.25, -0.2) is 9.78 Å². The van der Waals surface area contributed by atoms with Crippen molar-refractivity contribution >= 4 is 18.1 Å². The van der Waals surface area contributed by atoms with Gasteiger partial charge in [0.15, 0.2) is 0 Å². The molecule has 4 N–H and O–H groups in total. The van der Waals surface area contributed by atoms with E-state index in [4.69, 9.17) is 11.1 Å². The second-order valence-corrected chi connectivity index (χ2v) is 12.2. The molecule has 1 aromatic heterocycles. The number of carbonyl (C=O) groups is 1. The molecule has 4 aliphatic rings. The molecule has 2 saturated heterocycles. The Labute approximate surface area is 230 Å². The molecule has 39 heavy (non-hydrogen) atoms. The summed E-state index contributed by atoms with van der Waals surface area (Å²) in [5.74, 6) is 0.822. The van der Waals surface area contributed by atoms with E-state index in [1.807, 2.05) is 18.2 Å². The van der Waals surface area contributed by atoms with Crippen LogP contribution in [0.4, 0.5) is 10.6 Å². The molecule has 2 amide bonds. The Hall–Kier alpha value is -3.20. The van der Waals surface area contributed by atoms with Crippen molar-refractivity contribution in [2.45, 2.75) is 82.5 Å². The first-order chi connectivity index (χ1) is 19.0. The zero-order valence-electron chi connectivity index (χ0n) is 22.7. The van der Waals surface area contributed by atoms with Crippen LogP contribution in [0.2, 0.25) is 0 Å². The lowest BCUT2D eigenvalue weighted by atomic mass is 9.69. The fourth-order valence-corrected chi connectivity index (χ4v) is 7.23. The van der Waals surface area contributed by atoms with Crippen molar-refractivity contribution in [1.29, 1.82) is 5.41 Å². The molecule has 1 aromatic carbocycles. The van der Waals surface area contributed by atoms with Crippen LogP contribution < -0.4 is 16.6 Å². The third-order valence-electron chi connectivity index (χ3n) is 9.61. The predicted octanol–water partition coefficient (Wildman–Crippen LogP) is 3.98. The fourth-order valence-electron chi connectivity index (χ4n) is 7.23. The fraction of sp³-hybridized carbons (Fsp3) is 0.600. The van der Waals surface area contributed by atoms with Crippen molar-refractivity contribution < 1.29 is 4.79 Å². The summed E-state index contributed by atoms with van der Waals surface area (Å²) in [7, 11) is 0. The number of nitrogens with zero attached hydrogens (tertiary/aromatic N) is 4. The number of piperidine rings is 2. The lowest BCUT2D eigenvalue weighted by Crippen LogP contribution is -2.56. The number of benzene rings is 1. The van der Waals surface area contributed by atoms with Crippen molar-refractivity contribution in [2.75, 3.05) is 25.0 Å². The molecule has 0 radical (unpaired) electrons. The molecule has 0 bridgehead atoms. The van der Waals surface area contributed by atoms with Crippen molar-refractivity contribution in [1.82, 2.24) is 19.4 Å². The number of carbonyl (C=O) groups excluding carboxylic acids is 1. The van der Waals surface area contributed by atoms with E-state index in [-0.39, 0.29) is 29.1 Å². The van der Waals surface area contributed by atoms with Gasteiger partial charge in [0.05, 0.1) is 17.9 Å². The zero-order chi connectivity index (χ0) is 27.0. The van der Waals surface area contributed by atoms with Gasteiger partial charge in [0.2, 0.25) is 0 Å². The number of nitrogens with one attached hydrogen (secondary N) is 2. The number of aromatic nitrogens is 2. The standard InChI is InChI=1S/C30H41N7O2/c31-17-25-27(34-24-8-9-24)33-20-36(28(25)38)18-22-10-14-35(19-30(22)12-4-5-13-30)29(39)37-15-11-23(32)16-26(37)21-6-2-1-3-7-21/h1-3,6-7,17,20,22-24,26,31,34H,4-5,8-16,18-19,32H2/t22?,23-,26+/m1/s1. The quantitative estimate of drug-likeness (QED) is 0.487. The summed E-state index contributed by atoms with van der Waals surface area (Å²) in [6.07, 6.45) is 11.9. The Morgan fingerprint density at radius 2 is 1.90 bits per heavy atom. The second kappa shape index (κ2) is 10.8. The minimum Gasteiger partial charge on any atom is -0.367 e. The molecule has 3 atom stereocenters. The van der Waals surface area contributed by atoms with Gasteiger partial charge >= 0.3 is 6.03 Å². The number of likely N-dealkylation sites (tertiary alicyclic amines) is 2. The van der Waals surface area contributed by atoms with E-state index in [0.717, 1.165) is 76.1 Å². The molecule has 4 fully saturated rings. The first-order valence-corrected chi connectivity index (χ1v) is 14.7. The van der Waals surface area contributed by atoms with Crippen molar-refractivity contribution in [2.24, 2.45) is 17.1 Å². The summed E-state index contributed by atoms with van der Waals surface area (Å²) >= 11 is 0. The molecule has 6 rings (SSSR count). The van der Waals surface area contributed by atoms with Crippen LogP contribution in [-0.4, -0.2) is 63.3 Å². The number of hydrogen-bond acceptors (Lipinski definition) is 6. The SMILES string of the molecule is N=Cc1c(NC2CC2)ncn(CC2CCN(C(=O)N3CC[C@@H](N)C[C@H]3c3ccccc3)CC23CCCC3)c1=O. The Morgan fingerprint density at radius 1 is 1.13 bits per heavy atom. The number of urea groups is 1. The van der Waals surface area contributed by atoms with Gasteiger partial charge in [0.25, 0.3) is 5.56 Å². The third-order valence-corrected chi connectivity index (χ3v) is 9.61. The Bertz CT molecular complexity index is 1250. The van der Waals surface area contributed by atoms with E-state index in [1.165, 1.54) is 0 Å². The molecule has 9 nitrogen and oxygen atoms in total. The average molecular weight is 532 g/mol.